The number of hydrogen-bond donors (Lipinski definition) is 2. The van der Waals surface area contributed by atoms with Gasteiger partial charge in [0.05, 0.1) is 6.33 Å². The molecule has 7 heteroatoms. The minimum Gasteiger partial charge on any atom is -0.339 e. The second-order valence-electron chi connectivity index (χ2n) is 4.84. The second kappa shape index (κ2) is 5.38. The summed E-state index contributed by atoms with van der Waals surface area (Å²) in [7, 11) is 0.236. The maximum Gasteiger partial charge on any atom is 0.259 e. The minimum absolute atomic E-state index is 0.0293. The molecule has 2 rings (SSSR count). The van der Waals surface area contributed by atoms with E-state index in [9.17, 15) is 8.42 Å². The molecule has 1 fully saturated rings. The van der Waals surface area contributed by atoms with Crippen molar-refractivity contribution in [2.45, 2.75) is 42.8 Å². The molecule has 1 aliphatic rings. The van der Waals surface area contributed by atoms with Crippen LogP contribution in [-0.4, -0.2) is 37.1 Å². The third kappa shape index (κ3) is 3.09. The Morgan fingerprint density at radius 3 is 2.39 bits per heavy atom. The fraction of sp³-hybridized carbons (Fsp3) is 0.727. The lowest BCUT2D eigenvalue weighted by atomic mass is 9.92. The van der Waals surface area contributed by atoms with Gasteiger partial charge in [0, 0.05) is 25.3 Å². The van der Waals surface area contributed by atoms with Crippen LogP contribution in [0.4, 0.5) is 0 Å². The van der Waals surface area contributed by atoms with Gasteiger partial charge in [-0.1, -0.05) is 0 Å². The molecule has 0 atom stereocenters. The molecule has 1 aromatic heterocycles. The molecule has 2 N–H and O–H groups in total. The summed E-state index contributed by atoms with van der Waals surface area (Å²) in [4.78, 5) is 3.88. The van der Waals surface area contributed by atoms with Gasteiger partial charge in [-0.25, -0.2) is 18.1 Å². The Morgan fingerprint density at radius 1 is 1.28 bits per heavy atom. The maximum absolute atomic E-state index is 12.1. The van der Waals surface area contributed by atoms with Crippen LogP contribution in [0.2, 0.25) is 0 Å². The molecule has 0 spiro atoms. The van der Waals surface area contributed by atoms with Gasteiger partial charge in [-0.3, -0.25) is 0 Å². The number of nitrogens with zero attached hydrogens (tertiary/aromatic N) is 2. The lowest BCUT2D eigenvalue weighted by molar-refractivity contribution is 0.342. The number of sulfonamides is 1. The number of aryl methyl sites for hydroxylation is 1. The molecule has 1 heterocycles. The Hall–Kier alpha value is -0.920. The molecule has 1 aliphatic carbocycles. The number of aromatic nitrogens is 2. The van der Waals surface area contributed by atoms with Crippen molar-refractivity contribution in [1.82, 2.24) is 19.6 Å². The predicted octanol–water partition coefficient (Wildman–Crippen LogP) is 0.229. The van der Waals surface area contributed by atoms with Crippen molar-refractivity contribution < 1.29 is 8.42 Å². The van der Waals surface area contributed by atoms with Crippen molar-refractivity contribution in [1.29, 1.82) is 0 Å². The Balaban J connectivity index is 1.97. The van der Waals surface area contributed by atoms with E-state index in [0.29, 0.717) is 6.04 Å². The van der Waals surface area contributed by atoms with Gasteiger partial charge in [0.1, 0.15) is 0 Å². The van der Waals surface area contributed by atoms with Crippen LogP contribution in [0.5, 0.6) is 0 Å². The average Bonchev–Trinajstić information content (AvgIpc) is 2.77. The lowest BCUT2D eigenvalue weighted by Crippen LogP contribution is -2.41. The van der Waals surface area contributed by atoms with Crippen LogP contribution in [-0.2, 0) is 17.1 Å². The molecular formula is C11H20N4O2S. The summed E-state index contributed by atoms with van der Waals surface area (Å²) in [6.45, 7) is 0. The largest absolute Gasteiger partial charge is 0.339 e. The molecule has 6 nitrogen and oxygen atoms in total. The molecule has 0 bridgehead atoms. The molecule has 0 aromatic carbocycles. The molecule has 0 saturated heterocycles. The summed E-state index contributed by atoms with van der Waals surface area (Å²) in [6, 6.07) is 0.544. The van der Waals surface area contributed by atoms with Gasteiger partial charge in [0.2, 0.25) is 0 Å². The zero-order chi connectivity index (χ0) is 13.2. The fourth-order valence-electron chi connectivity index (χ4n) is 2.31. The van der Waals surface area contributed by atoms with Gasteiger partial charge in [-0.05, 0) is 32.7 Å². The quantitative estimate of drug-likeness (QED) is 0.822. The number of imidazole rings is 1. The predicted molar refractivity (Wildman–Crippen MR) is 68.6 cm³/mol. The van der Waals surface area contributed by atoms with Crippen molar-refractivity contribution in [3.8, 4) is 0 Å². The van der Waals surface area contributed by atoms with Crippen molar-refractivity contribution in [3.05, 3.63) is 12.5 Å². The van der Waals surface area contributed by atoms with Crippen LogP contribution >= 0.6 is 0 Å². The van der Waals surface area contributed by atoms with Crippen molar-refractivity contribution in [2.75, 3.05) is 7.05 Å². The fourth-order valence-corrected chi connectivity index (χ4v) is 3.59. The first-order valence-corrected chi connectivity index (χ1v) is 7.67. The third-order valence-electron chi connectivity index (χ3n) is 3.41. The Bertz CT molecular complexity index is 489. The first-order chi connectivity index (χ1) is 8.51. The highest BCUT2D eigenvalue weighted by atomic mass is 32.2. The monoisotopic (exact) mass is 272 g/mol. The van der Waals surface area contributed by atoms with E-state index >= 15 is 0 Å². The van der Waals surface area contributed by atoms with Crippen molar-refractivity contribution in [2.24, 2.45) is 7.05 Å². The molecular weight excluding hydrogens is 252 g/mol. The smallest absolute Gasteiger partial charge is 0.259 e. The van der Waals surface area contributed by atoms with E-state index in [1.165, 1.54) is 12.5 Å². The molecule has 1 saturated carbocycles. The van der Waals surface area contributed by atoms with Crippen LogP contribution in [0, 0.1) is 0 Å². The van der Waals surface area contributed by atoms with E-state index in [1.807, 2.05) is 7.05 Å². The highest BCUT2D eigenvalue weighted by Crippen LogP contribution is 2.20. The van der Waals surface area contributed by atoms with E-state index < -0.39 is 10.0 Å². The van der Waals surface area contributed by atoms with Gasteiger partial charge in [0.15, 0.2) is 5.03 Å². The van der Waals surface area contributed by atoms with Crippen LogP contribution < -0.4 is 10.0 Å². The van der Waals surface area contributed by atoms with Crippen LogP contribution in [0.3, 0.4) is 0 Å². The van der Waals surface area contributed by atoms with Gasteiger partial charge >= 0.3 is 0 Å². The number of nitrogens with one attached hydrogen (secondary N) is 2. The van der Waals surface area contributed by atoms with Gasteiger partial charge in [0.25, 0.3) is 10.0 Å². The zero-order valence-electron chi connectivity index (χ0n) is 10.8. The topological polar surface area (TPSA) is 76.0 Å². The van der Waals surface area contributed by atoms with Gasteiger partial charge < -0.3 is 9.88 Å². The van der Waals surface area contributed by atoms with E-state index in [2.05, 4.69) is 15.0 Å². The molecule has 0 aliphatic heterocycles. The summed E-state index contributed by atoms with van der Waals surface area (Å²) in [5.74, 6) is 0. The standard InChI is InChI=1S/C11H20N4O2S/c1-12-9-3-5-10(6-4-9)14-18(16,17)11-7-15(2)8-13-11/h7-10,12,14H,3-6H2,1-2H3. The highest BCUT2D eigenvalue weighted by Gasteiger charge is 2.26. The summed E-state index contributed by atoms with van der Waals surface area (Å²) in [5.41, 5.74) is 0. The van der Waals surface area contributed by atoms with Gasteiger partial charge in [-0.15, -0.1) is 0 Å². The van der Waals surface area contributed by atoms with Crippen LogP contribution in [0.15, 0.2) is 17.6 Å². The van der Waals surface area contributed by atoms with Crippen molar-refractivity contribution >= 4 is 10.0 Å². The first-order valence-electron chi connectivity index (χ1n) is 6.19. The van der Waals surface area contributed by atoms with E-state index in [0.717, 1.165) is 25.7 Å². The number of rotatable bonds is 4. The van der Waals surface area contributed by atoms with Gasteiger partial charge in [-0.2, -0.15) is 0 Å². The van der Waals surface area contributed by atoms with E-state index in [4.69, 9.17) is 0 Å². The van der Waals surface area contributed by atoms with E-state index in [1.54, 1.807) is 11.6 Å². The molecule has 0 unspecified atom stereocenters. The molecule has 1 aromatic rings. The second-order valence-corrected chi connectivity index (χ2v) is 6.50. The molecule has 102 valence electrons. The molecule has 18 heavy (non-hydrogen) atoms. The van der Waals surface area contributed by atoms with Crippen LogP contribution in [0.1, 0.15) is 25.7 Å². The summed E-state index contributed by atoms with van der Waals surface area (Å²) in [6.07, 6.45) is 6.76. The zero-order valence-corrected chi connectivity index (χ0v) is 11.6. The van der Waals surface area contributed by atoms with E-state index in [-0.39, 0.29) is 11.1 Å². The maximum atomic E-state index is 12.1. The average molecular weight is 272 g/mol. The Morgan fingerprint density at radius 2 is 1.89 bits per heavy atom. The third-order valence-corrected chi connectivity index (χ3v) is 4.82. The molecule has 0 radical (unpaired) electrons. The van der Waals surface area contributed by atoms with Crippen molar-refractivity contribution in [3.63, 3.8) is 0 Å². The molecule has 0 amide bonds. The Kier molecular flexibility index (Phi) is 4.04. The summed E-state index contributed by atoms with van der Waals surface area (Å²) in [5, 5.41) is 3.33. The lowest BCUT2D eigenvalue weighted by Gasteiger charge is -2.28. The Labute approximate surface area is 108 Å². The number of hydrogen-bond acceptors (Lipinski definition) is 4. The van der Waals surface area contributed by atoms with Crippen LogP contribution in [0.25, 0.3) is 0 Å². The summed E-state index contributed by atoms with van der Waals surface area (Å²) < 4.78 is 28.5. The summed E-state index contributed by atoms with van der Waals surface area (Å²) >= 11 is 0. The highest BCUT2D eigenvalue weighted by molar-refractivity contribution is 7.89. The minimum atomic E-state index is -3.47. The SMILES string of the molecule is CNC1CCC(NS(=O)(=O)c2cn(C)cn2)CC1. The normalized spacial score (nSPS) is 25.2. The first kappa shape index (κ1) is 13.5.